The molecule has 0 spiro atoms. The van der Waals surface area contributed by atoms with Gasteiger partial charge in [0.2, 0.25) is 4.96 Å². The summed E-state index contributed by atoms with van der Waals surface area (Å²) in [6.45, 7) is 7.15. The smallest absolute Gasteiger partial charge is 0.274 e. The molecule has 2 aromatic heterocycles. The molecular weight excluding hydrogens is 322 g/mol. The minimum Gasteiger partial charge on any atom is -0.368 e. The van der Waals surface area contributed by atoms with Gasteiger partial charge in [0.1, 0.15) is 10.7 Å². The van der Waals surface area contributed by atoms with Gasteiger partial charge in [-0.1, -0.05) is 23.5 Å². The highest BCUT2D eigenvalue weighted by Gasteiger charge is 2.24. The molecule has 124 valence electrons. The van der Waals surface area contributed by atoms with Gasteiger partial charge in [0.05, 0.1) is 6.20 Å². The molecule has 0 atom stereocenters. The maximum atomic E-state index is 12.7. The number of carbonyl (C=O) groups is 1. The molecule has 0 N–H and O–H groups in total. The van der Waals surface area contributed by atoms with Crippen molar-refractivity contribution >= 4 is 27.9 Å². The predicted molar refractivity (Wildman–Crippen MR) is 94.9 cm³/mol. The second-order valence-electron chi connectivity index (χ2n) is 6.09. The third-order valence-electron chi connectivity index (χ3n) is 4.30. The molecule has 1 saturated heterocycles. The Balaban J connectivity index is 1.45. The van der Waals surface area contributed by atoms with Crippen molar-refractivity contribution in [2.45, 2.75) is 13.8 Å². The van der Waals surface area contributed by atoms with E-state index in [0.717, 1.165) is 23.1 Å². The molecule has 1 aromatic carbocycles. The van der Waals surface area contributed by atoms with Crippen LogP contribution in [0.2, 0.25) is 0 Å². The maximum absolute atomic E-state index is 12.7. The highest BCUT2D eigenvalue weighted by molar-refractivity contribution is 7.16. The van der Waals surface area contributed by atoms with Crippen LogP contribution in [0.5, 0.6) is 0 Å². The number of imidazole rings is 1. The molecule has 1 fully saturated rings. The molecule has 1 aliphatic rings. The average molecular weight is 341 g/mol. The number of nitrogens with zero attached hydrogens (tertiary/aromatic N) is 5. The van der Waals surface area contributed by atoms with E-state index in [4.69, 9.17) is 0 Å². The van der Waals surface area contributed by atoms with Crippen molar-refractivity contribution < 1.29 is 4.79 Å². The number of hydrogen-bond donors (Lipinski definition) is 0. The van der Waals surface area contributed by atoms with E-state index in [9.17, 15) is 4.79 Å². The van der Waals surface area contributed by atoms with Crippen LogP contribution in [0.15, 0.2) is 30.5 Å². The quantitative estimate of drug-likeness (QED) is 0.718. The number of piperazine rings is 1. The highest BCUT2D eigenvalue weighted by Crippen LogP contribution is 2.19. The topological polar surface area (TPSA) is 53.7 Å². The first-order valence-electron chi connectivity index (χ1n) is 8.04. The third kappa shape index (κ3) is 2.75. The van der Waals surface area contributed by atoms with Crippen molar-refractivity contribution in [1.82, 2.24) is 19.5 Å². The lowest BCUT2D eigenvalue weighted by Gasteiger charge is -2.36. The molecule has 0 radical (unpaired) electrons. The second kappa shape index (κ2) is 5.90. The number of amides is 1. The van der Waals surface area contributed by atoms with Crippen molar-refractivity contribution in [3.63, 3.8) is 0 Å². The molecule has 3 heterocycles. The van der Waals surface area contributed by atoms with E-state index >= 15 is 0 Å². The van der Waals surface area contributed by atoms with Crippen LogP contribution in [0.3, 0.4) is 0 Å². The molecule has 0 unspecified atom stereocenters. The van der Waals surface area contributed by atoms with E-state index in [1.165, 1.54) is 22.6 Å². The van der Waals surface area contributed by atoms with Crippen molar-refractivity contribution in [2.24, 2.45) is 0 Å². The predicted octanol–water partition coefficient (Wildman–Crippen LogP) is 2.37. The monoisotopic (exact) mass is 341 g/mol. The Kier molecular flexibility index (Phi) is 3.72. The Morgan fingerprint density at radius 2 is 1.96 bits per heavy atom. The van der Waals surface area contributed by atoms with Crippen LogP contribution >= 0.6 is 11.3 Å². The fourth-order valence-electron chi connectivity index (χ4n) is 3.06. The molecule has 24 heavy (non-hydrogen) atoms. The van der Waals surface area contributed by atoms with E-state index in [-0.39, 0.29) is 5.91 Å². The van der Waals surface area contributed by atoms with E-state index in [1.807, 2.05) is 11.8 Å². The first kappa shape index (κ1) is 15.1. The molecule has 0 aliphatic carbocycles. The summed E-state index contributed by atoms with van der Waals surface area (Å²) in [6.07, 6.45) is 1.73. The summed E-state index contributed by atoms with van der Waals surface area (Å²) in [5.74, 6) is -0.00533. The van der Waals surface area contributed by atoms with Gasteiger partial charge in [-0.05, 0) is 31.5 Å². The van der Waals surface area contributed by atoms with Crippen LogP contribution in [-0.2, 0) is 0 Å². The largest absolute Gasteiger partial charge is 0.368 e. The lowest BCUT2D eigenvalue weighted by atomic mass is 10.2. The van der Waals surface area contributed by atoms with Gasteiger partial charge in [0.25, 0.3) is 5.91 Å². The van der Waals surface area contributed by atoms with Crippen molar-refractivity contribution in [1.29, 1.82) is 0 Å². The number of aromatic nitrogens is 3. The van der Waals surface area contributed by atoms with Gasteiger partial charge in [0, 0.05) is 31.9 Å². The molecule has 0 saturated carbocycles. The maximum Gasteiger partial charge on any atom is 0.274 e. The molecule has 1 amide bonds. The number of hydrogen-bond acceptors (Lipinski definition) is 5. The minimum absolute atomic E-state index is 0.00533. The highest BCUT2D eigenvalue weighted by atomic mass is 32.1. The van der Waals surface area contributed by atoms with Gasteiger partial charge < -0.3 is 9.80 Å². The summed E-state index contributed by atoms with van der Waals surface area (Å²) in [6, 6.07) is 8.50. The first-order chi connectivity index (χ1) is 11.6. The molecule has 6 nitrogen and oxygen atoms in total. The fourth-order valence-corrected chi connectivity index (χ4v) is 3.78. The van der Waals surface area contributed by atoms with Crippen molar-refractivity contribution in [2.75, 3.05) is 31.1 Å². The second-order valence-corrected chi connectivity index (χ2v) is 7.25. The van der Waals surface area contributed by atoms with E-state index in [1.54, 1.807) is 10.7 Å². The van der Waals surface area contributed by atoms with Gasteiger partial charge in [0.15, 0.2) is 0 Å². The van der Waals surface area contributed by atoms with Crippen LogP contribution in [0.1, 0.15) is 21.1 Å². The van der Waals surface area contributed by atoms with Crippen LogP contribution in [0.25, 0.3) is 4.96 Å². The average Bonchev–Trinajstić information content (AvgIpc) is 3.11. The van der Waals surface area contributed by atoms with E-state index in [2.05, 4.69) is 46.2 Å². The van der Waals surface area contributed by atoms with Crippen LogP contribution in [-0.4, -0.2) is 51.6 Å². The van der Waals surface area contributed by atoms with Crippen molar-refractivity contribution in [3.8, 4) is 0 Å². The van der Waals surface area contributed by atoms with Gasteiger partial charge in [-0.2, -0.15) is 5.10 Å². The number of carbonyl (C=O) groups excluding carboxylic acids is 1. The number of fused-ring (bicyclic) bond motifs is 1. The van der Waals surface area contributed by atoms with Crippen LogP contribution < -0.4 is 4.90 Å². The Labute approximate surface area is 144 Å². The molecule has 3 aromatic rings. The summed E-state index contributed by atoms with van der Waals surface area (Å²) in [4.78, 5) is 22.0. The lowest BCUT2D eigenvalue weighted by Crippen LogP contribution is -2.48. The van der Waals surface area contributed by atoms with Gasteiger partial charge >= 0.3 is 0 Å². The Bertz CT molecular complexity index is 860. The lowest BCUT2D eigenvalue weighted by molar-refractivity contribution is 0.0741. The SMILES string of the molecule is Cc1cccc(N2CCN(C(=O)c3cn4nc(C)sc4n3)CC2)c1. The van der Waals surface area contributed by atoms with E-state index in [0.29, 0.717) is 18.8 Å². The molecule has 4 rings (SSSR count). The summed E-state index contributed by atoms with van der Waals surface area (Å²) >= 11 is 1.50. The fraction of sp³-hybridized carbons (Fsp3) is 0.353. The zero-order valence-electron chi connectivity index (χ0n) is 13.8. The van der Waals surface area contributed by atoms with Gasteiger partial charge in [-0.3, -0.25) is 4.79 Å². The van der Waals surface area contributed by atoms with Crippen LogP contribution in [0, 0.1) is 13.8 Å². The summed E-state index contributed by atoms with van der Waals surface area (Å²) in [5, 5.41) is 5.26. The van der Waals surface area contributed by atoms with Crippen molar-refractivity contribution in [3.05, 3.63) is 46.7 Å². The number of aryl methyl sites for hydroxylation is 2. The number of benzene rings is 1. The molecule has 1 aliphatic heterocycles. The zero-order chi connectivity index (χ0) is 16.7. The van der Waals surface area contributed by atoms with Gasteiger partial charge in [-0.15, -0.1) is 0 Å². The normalized spacial score (nSPS) is 15.2. The third-order valence-corrected chi connectivity index (χ3v) is 5.13. The van der Waals surface area contributed by atoms with E-state index < -0.39 is 0 Å². The minimum atomic E-state index is -0.00533. The molecule has 7 heteroatoms. The first-order valence-corrected chi connectivity index (χ1v) is 8.85. The summed E-state index contributed by atoms with van der Waals surface area (Å²) in [7, 11) is 0. The Morgan fingerprint density at radius 3 is 2.67 bits per heavy atom. The number of rotatable bonds is 2. The Morgan fingerprint density at radius 1 is 1.17 bits per heavy atom. The molecular formula is C17H19N5OS. The molecule has 0 bridgehead atoms. The number of anilines is 1. The standard InChI is InChI=1S/C17H19N5OS/c1-12-4-3-5-14(10-12)20-6-8-21(9-7-20)16(23)15-11-22-17(18-15)24-13(2)19-22/h3-5,10-11H,6-9H2,1-2H3. The van der Waals surface area contributed by atoms with Crippen LogP contribution in [0.4, 0.5) is 5.69 Å². The van der Waals surface area contributed by atoms with Gasteiger partial charge in [-0.25, -0.2) is 9.50 Å². The summed E-state index contributed by atoms with van der Waals surface area (Å²) in [5.41, 5.74) is 2.97. The Hall–Kier alpha value is -2.41. The zero-order valence-corrected chi connectivity index (χ0v) is 14.6. The summed E-state index contributed by atoms with van der Waals surface area (Å²) < 4.78 is 1.69.